The Bertz CT molecular complexity index is 749. The van der Waals surface area contributed by atoms with Crippen LogP contribution < -0.4 is 5.32 Å². The van der Waals surface area contributed by atoms with Gasteiger partial charge in [0.1, 0.15) is 11.3 Å². The molecule has 0 atom stereocenters. The molecule has 0 saturated carbocycles. The van der Waals surface area contributed by atoms with Gasteiger partial charge in [-0.25, -0.2) is 4.98 Å². The maximum absolute atomic E-state index is 11.0. The van der Waals surface area contributed by atoms with Crippen molar-refractivity contribution < 1.29 is 9.21 Å². The van der Waals surface area contributed by atoms with Gasteiger partial charge in [0.25, 0.3) is 0 Å². The first kappa shape index (κ1) is 14.9. The third kappa shape index (κ3) is 3.78. The fraction of sp³-hybridized carbons (Fsp3) is 0.125. The number of rotatable bonds is 5. The second-order valence-corrected chi connectivity index (χ2v) is 6.56. The number of furan rings is 1. The minimum atomic E-state index is -0.0605. The van der Waals surface area contributed by atoms with Gasteiger partial charge >= 0.3 is 0 Å². The molecule has 0 aliphatic heterocycles. The molecular weight excluding hydrogens is 316 g/mol. The van der Waals surface area contributed by atoms with Gasteiger partial charge in [-0.2, -0.15) is 0 Å². The molecule has 0 aliphatic rings. The van der Waals surface area contributed by atoms with Crippen LogP contribution in [0.4, 0.5) is 5.69 Å². The van der Waals surface area contributed by atoms with Gasteiger partial charge in [0.15, 0.2) is 0 Å². The van der Waals surface area contributed by atoms with Crippen molar-refractivity contribution >= 4 is 34.7 Å². The predicted octanol–water partition coefficient (Wildman–Crippen LogP) is 4.65. The van der Waals surface area contributed by atoms with Crippen LogP contribution in [0.3, 0.4) is 0 Å². The van der Waals surface area contributed by atoms with E-state index in [1.807, 2.05) is 30.3 Å². The van der Waals surface area contributed by atoms with Crippen molar-refractivity contribution in [2.45, 2.75) is 17.6 Å². The van der Waals surface area contributed by atoms with Crippen LogP contribution in [0.2, 0.25) is 0 Å². The van der Waals surface area contributed by atoms with Crippen LogP contribution in [0.1, 0.15) is 12.6 Å². The van der Waals surface area contributed by atoms with Gasteiger partial charge in [0, 0.05) is 34.2 Å². The van der Waals surface area contributed by atoms with Gasteiger partial charge in [0.05, 0.1) is 12.0 Å². The molecule has 1 aromatic carbocycles. The molecule has 6 heteroatoms. The molecule has 1 N–H and O–H groups in total. The number of carbonyl (C=O) groups is 1. The van der Waals surface area contributed by atoms with Gasteiger partial charge in [-0.15, -0.1) is 23.1 Å². The van der Waals surface area contributed by atoms with E-state index >= 15 is 0 Å². The maximum atomic E-state index is 11.0. The summed E-state index contributed by atoms with van der Waals surface area (Å²) in [6.45, 7) is 1.50. The zero-order chi connectivity index (χ0) is 15.4. The van der Waals surface area contributed by atoms with Gasteiger partial charge in [-0.05, 0) is 30.3 Å². The third-order valence-electron chi connectivity index (χ3n) is 2.88. The molecule has 4 nitrogen and oxygen atoms in total. The Morgan fingerprint density at radius 3 is 2.82 bits per heavy atom. The summed E-state index contributed by atoms with van der Waals surface area (Å²) >= 11 is 3.34. The molecule has 112 valence electrons. The smallest absolute Gasteiger partial charge is 0.221 e. The van der Waals surface area contributed by atoms with Crippen molar-refractivity contribution in [3.63, 3.8) is 0 Å². The Hall–Kier alpha value is -2.05. The molecule has 0 aliphatic carbocycles. The molecule has 0 spiro atoms. The largest absolute Gasteiger partial charge is 0.472 e. The van der Waals surface area contributed by atoms with Crippen molar-refractivity contribution in [1.29, 1.82) is 0 Å². The number of hydrogen-bond acceptors (Lipinski definition) is 5. The highest BCUT2D eigenvalue weighted by Crippen LogP contribution is 2.28. The highest BCUT2D eigenvalue weighted by Gasteiger charge is 2.06. The van der Waals surface area contributed by atoms with Crippen molar-refractivity contribution in [1.82, 2.24) is 4.98 Å². The number of nitrogens with zero attached hydrogens (tertiary/aromatic N) is 1. The number of hydrogen-bond donors (Lipinski definition) is 1. The molecule has 0 bridgehead atoms. The van der Waals surface area contributed by atoms with Crippen molar-refractivity contribution in [2.75, 3.05) is 5.32 Å². The van der Waals surface area contributed by atoms with Crippen LogP contribution >= 0.6 is 23.1 Å². The first-order valence-corrected chi connectivity index (χ1v) is 8.54. The monoisotopic (exact) mass is 330 g/mol. The summed E-state index contributed by atoms with van der Waals surface area (Å²) < 4.78 is 5.08. The lowest BCUT2D eigenvalue weighted by atomic mass is 10.3. The van der Waals surface area contributed by atoms with Crippen LogP contribution in [0, 0.1) is 0 Å². The number of anilines is 1. The van der Waals surface area contributed by atoms with E-state index in [0.717, 1.165) is 32.6 Å². The van der Waals surface area contributed by atoms with E-state index in [1.54, 1.807) is 35.6 Å². The summed E-state index contributed by atoms with van der Waals surface area (Å²) in [6, 6.07) is 9.72. The Morgan fingerprint density at radius 1 is 1.32 bits per heavy atom. The molecule has 0 unspecified atom stereocenters. The molecule has 3 rings (SSSR count). The first-order chi connectivity index (χ1) is 10.7. The predicted molar refractivity (Wildman–Crippen MR) is 90.1 cm³/mol. The average molecular weight is 330 g/mol. The molecular formula is C16H14N2O2S2. The zero-order valence-corrected chi connectivity index (χ0v) is 13.5. The molecule has 22 heavy (non-hydrogen) atoms. The van der Waals surface area contributed by atoms with Crippen LogP contribution in [-0.2, 0) is 10.5 Å². The number of thioether (sulfide) groups is 1. The fourth-order valence-electron chi connectivity index (χ4n) is 1.89. The Balaban J connectivity index is 1.59. The lowest BCUT2D eigenvalue weighted by Crippen LogP contribution is -2.05. The Labute approximate surface area is 136 Å². The lowest BCUT2D eigenvalue weighted by Gasteiger charge is -2.03. The van der Waals surface area contributed by atoms with Crippen molar-refractivity contribution in [2.24, 2.45) is 0 Å². The highest BCUT2D eigenvalue weighted by molar-refractivity contribution is 7.98. The normalized spacial score (nSPS) is 10.6. The molecule has 0 radical (unpaired) electrons. The second-order valence-electron chi connectivity index (χ2n) is 4.65. The van der Waals surface area contributed by atoms with Gasteiger partial charge in [-0.1, -0.05) is 0 Å². The SMILES string of the molecule is CC(=O)Nc1ccc(SCc2csc(-c3ccoc3)n2)cc1. The fourth-order valence-corrected chi connectivity index (χ4v) is 3.59. The van der Waals surface area contributed by atoms with E-state index in [1.165, 1.54) is 6.92 Å². The minimum Gasteiger partial charge on any atom is -0.472 e. The van der Waals surface area contributed by atoms with E-state index in [2.05, 4.69) is 15.7 Å². The topological polar surface area (TPSA) is 55.1 Å². The molecule has 2 aromatic heterocycles. The quantitative estimate of drug-likeness (QED) is 0.692. The first-order valence-electron chi connectivity index (χ1n) is 6.68. The minimum absolute atomic E-state index is 0.0605. The van der Waals surface area contributed by atoms with Crippen LogP contribution in [-0.4, -0.2) is 10.9 Å². The highest BCUT2D eigenvalue weighted by atomic mass is 32.2. The van der Waals surface area contributed by atoms with E-state index in [0.29, 0.717) is 0 Å². The summed E-state index contributed by atoms with van der Waals surface area (Å²) in [5.74, 6) is 0.753. The second kappa shape index (κ2) is 6.81. The summed E-state index contributed by atoms with van der Waals surface area (Å²) in [6.07, 6.45) is 3.36. The van der Waals surface area contributed by atoms with E-state index in [-0.39, 0.29) is 5.91 Å². The average Bonchev–Trinajstić information content (AvgIpc) is 3.17. The van der Waals surface area contributed by atoms with Crippen molar-refractivity contribution in [3.05, 3.63) is 53.9 Å². The summed E-state index contributed by atoms with van der Waals surface area (Å²) in [5, 5.41) is 5.80. The number of nitrogens with one attached hydrogen (secondary N) is 1. The number of thiazole rings is 1. The lowest BCUT2D eigenvalue weighted by molar-refractivity contribution is -0.114. The maximum Gasteiger partial charge on any atom is 0.221 e. The molecule has 3 aromatic rings. The molecule has 0 saturated heterocycles. The number of amides is 1. The van der Waals surface area contributed by atoms with Crippen LogP contribution in [0.15, 0.2) is 57.6 Å². The van der Waals surface area contributed by atoms with E-state index < -0.39 is 0 Å². The number of benzene rings is 1. The zero-order valence-electron chi connectivity index (χ0n) is 11.9. The van der Waals surface area contributed by atoms with Gasteiger partial charge in [0.2, 0.25) is 5.91 Å². The molecule has 0 fully saturated rings. The van der Waals surface area contributed by atoms with Gasteiger partial charge < -0.3 is 9.73 Å². The van der Waals surface area contributed by atoms with Crippen molar-refractivity contribution in [3.8, 4) is 10.6 Å². The van der Waals surface area contributed by atoms with Crippen LogP contribution in [0.25, 0.3) is 10.6 Å². The summed E-state index contributed by atoms with van der Waals surface area (Å²) in [5.41, 5.74) is 2.88. The molecule has 2 heterocycles. The van der Waals surface area contributed by atoms with Crippen LogP contribution in [0.5, 0.6) is 0 Å². The standard InChI is InChI=1S/C16H14N2O2S2/c1-11(19)17-13-2-4-15(5-3-13)21-9-14-10-22-16(18-14)12-6-7-20-8-12/h2-8,10H,9H2,1H3,(H,17,19). The number of aromatic nitrogens is 1. The van der Waals surface area contributed by atoms with E-state index in [4.69, 9.17) is 4.42 Å². The summed E-state index contributed by atoms with van der Waals surface area (Å²) in [7, 11) is 0. The van der Waals surface area contributed by atoms with Gasteiger partial charge in [-0.3, -0.25) is 4.79 Å². The summed E-state index contributed by atoms with van der Waals surface area (Å²) in [4.78, 5) is 16.7. The number of carbonyl (C=O) groups excluding carboxylic acids is 1. The van der Waals surface area contributed by atoms with E-state index in [9.17, 15) is 4.79 Å². The Kier molecular flexibility index (Phi) is 4.60. The molecule has 1 amide bonds. The third-order valence-corrected chi connectivity index (χ3v) is 4.87. The Morgan fingerprint density at radius 2 is 2.14 bits per heavy atom.